The highest BCUT2D eigenvalue weighted by Gasteiger charge is 1.91. The van der Waals surface area contributed by atoms with Gasteiger partial charge in [0.05, 0.1) is 12.4 Å². The maximum Gasteiger partial charge on any atom is 0.0568 e. The lowest BCUT2D eigenvalue weighted by Gasteiger charge is -1.97. The van der Waals surface area contributed by atoms with E-state index in [-0.39, 0.29) is 0 Å². The first-order valence-electron chi connectivity index (χ1n) is 7.28. The Morgan fingerprint density at radius 2 is 1.00 bits per heavy atom. The van der Waals surface area contributed by atoms with Crippen molar-refractivity contribution in [3.63, 3.8) is 0 Å². The maximum absolute atomic E-state index is 4.08. The lowest BCUT2D eigenvalue weighted by molar-refractivity contribution is 1.25. The van der Waals surface area contributed by atoms with Crippen LogP contribution in [0.1, 0.15) is 22.3 Å². The van der Waals surface area contributed by atoms with Crippen molar-refractivity contribution in [3.05, 3.63) is 96.1 Å². The molecular formula is C20H20N2. The smallest absolute Gasteiger partial charge is 0.0568 e. The molecule has 2 nitrogen and oxygen atoms in total. The predicted molar refractivity (Wildman–Crippen MR) is 95.9 cm³/mol. The van der Waals surface area contributed by atoms with Crippen molar-refractivity contribution in [2.24, 2.45) is 10.2 Å². The van der Waals surface area contributed by atoms with Gasteiger partial charge in [0.25, 0.3) is 0 Å². The van der Waals surface area contributed by atoms with E-state index < -0.39 is 0 Å². The second-order valence-corrected chi connectivity index (χ2v) is 4.96. The van der Waals surface area contributed by atoms with Gasteiger partial charge in [0.1, 0.15) is 0 Å². The molecule has 22 heavy (non-hydrogen) atoms. The molecule has 0 saturated heterocycles. The minimum absolute atomic E-state index is 0.886. The third kappa shape index (κ3) is 4.98. The Labute approximate surface area is 132 Å². The highest BCUT2D eigenvalue weighted by Crippen LogP contribution is 2.05. The van der Waals surface area contributed by atoms with Gasteiger partial charge in [-0.2, -0.15) is 10.2 Å². The molecule has 0 amide bonds. The molecule has 0 spiro atoms. The average Bonchev–Trinajstić information content (AvgIpc) is 2.55. The first-order chi connectivity index (χ1) is 10.8. The molecule has 0 unspecified atom stereocenters. The molecule has 0 bridgehead atoms. The van der Waals surface area contributed by atoms with E-state index in [4.69, 9.17) is 0 Å². The highest BCUT2D eigenvalue weighted by molar-refractivity contribution is 5.82. The van der Waals surface area contributed by atoms with E-state index >= 15 is 0 Å². The van der Waals surface area contributed by atoms with Gasteiger partial charge in [-0.1, -0.05) is 60.7 Å². The van der Waals surface area contributed by atoms with Gasteiger partial charge in [-0.05, 0) is 35.1 Å². The van der Waals surface area contributed by atoms with Crippen molar-refractivity contribution < 1.29 is 0 Å². The first-order valence-corrected chi connectivity index (χ1v) is 7.28. The lowest BCUT2D eigenvalue weighted by Crippen LogP contribution is -1.85. The largest absolute Gasteiger partial charge is 0.159 e. The number of allylic oxidation sites excluding steroid dienone is 2. The molecule has 0 aliphatic rings. The summed E-state index contributed by atoms with van der Waals surface area (Å²) >= 11 is 0. The summed E-state index contributed by atoms with van der Waals surface area (Å²) in [7, 11) is 0. The molecule has 0 aliphatic heterocycles. The van der Waals surface area contributed by atoms with Crippen LogP contribution in [0.5, 0.6) is 0 Å². The Bertz CT molecular complexity index is 600. The van der Waals surface area contributed by atoms with Crippen LogP contribution in [0.25, 0.3) is 0 Å². The van der Waals surface area contributed by atoms with E-state index in [2.05, 4.69) is 47.6 Å². The molecule has 0 heterocycles. The number of hydrogen-bond donors (Lipinski definition) is 0. The Hall–Kier alpha value is -2.74. The molecule has 0 N–H and O–H groups in total. The van der Waals surface area contributed by atoms with Crippen LogP contribution in [0.3, 0.4) is 0 Å². The van der Waals surface area contributed by atoms with Crippen LogP contribution in [0, 0.1) is 0 Å². The maximum atomic E-state index is 4.08. The van der Waals surface area contributed by atoms with Crippen molar-refractivity contribution in [2.75, 3.05) is 0 Å². The fraction of sp³-hybridized carbons (Fsp3) is 0.100. The van der Waals surface area contributed by atoms with E-state index in [1.807, 2.05) is 36.4 Å². The number of benzene rings is 2. The van der Waals surface area contributed by atoms with Crippen LogP contribution in [0.15, 0.2) is 84.0 Å². The van der Waals surface area contributed by atoms with Crippen molar-refractivity contribution in [1.29, 1.82) is 0 Å². The van der Waals surface area contributed by atoms with Crippen LogP contribution in [0.4, 0.5) is 0 Å². The van der Waals surface area contributed by atoms with E-state index in [1.165, 1.54) is 11.1 Å². The number of hydrogen-bond acceptors (Lipinski definition) is 2. The Kier molecular flexibility index (Phi) is 6.06. The SMILES string of the molecule is C=CCc1ccc(/C=N/N=C/c2ccc(CC=C)cc2)cc1. The van der Waals surface area contributed by atoms with Crippen LogP contribution in [-0.4, -0.2) is 12.4 Å². The van der Waals surface area contributed by atoms with Gasteiger partial charge in [0.15, 0.2) is 0 Å². The molecular weight excluding hydrogens is 268 g/mol. The second-order valence-electron chi connectivity index (χ2n) is 4.96. The molecule has 110 valence electrons. The molecule has 2 rings (SSSR count). The van der Waals surface area contributed by atoms with Crippen molar-refractivity contribution in [2.45, 2.75) is 12.8 Å². The zero-order valence-corrected chi connectivity index (χ0v) is 12.7. The molecule has 0 radical (unpaired) electrons. The summed E-state index contributed by atoms with van der Waals surface area (Å²) in [4.78, 5) is 0. The standard InChI is InChI=1S/C20H20N2/c1-3-5-17-7-11-19(12-8-17)15-21-22-16-20-13-9-18(6-4-2)10-14-20/h3-4,7-16H,1-2,5-6H2/b21-15+,22-16+. The minimum atomic E-state index is 0.886. The molecule has 2 aromatic rings. The summed E-state index contributed by atoms with van der Waals surface area (Å²) in [5.74, 6) is 0. The molecule has 0 saturated carbocycles. The molecule has 0 atom stereocenters. The lowest BCUT2D eigenvalue weighted by atomic mass is 10.1. The van der Waals surface area contributed by atoms with E-state index in [0.29, 0.717) is 0 Å². The summed E-state index contributed by atoms with van der Waals surface area (Å²) < 4.78 is 0. The van der Waals surface area contributed by atoms with Crippen molar-refractivity contribution in [1.82, 2.24) is 0 Å². The Morgan fingerprint density at radius 1 is 0.636 bits per heavy atom. The topological polar surface area (TPSA) is 24.7 Å². The van der Waals surface area contributed by atoms with Gasteiger partial charge in [-0.3, -0.25) is 0 Å². The second kappa shape index (κ2) is 8.53. The van der Waals surface area contributed by atoms with Gasteiger partial charge in [-0.15, -0.1) is 13.2 Å². The normalized spacial score (nSPS) is 11.1. The van der Waals surface area contributed by atoms with E-state index in [9.17, 15) is 0 Å². The minimum Gasteiger partial charge on any atom is -0.159 e. The molecule has 0 aliphatic carbocycles. The summed E-state index contributed by atoms with van der Waals surface area (Å²) in [6.45, 7) is 7.47. The quantitative estimate of drug-likeness (QED) is 0.404. The van der Waals surface area contributed by atoms with Crippen LogP contribution in [-0.2, 0) is 12.8 Å². The summed E-state index contributed by atoms with van der Waals surface area (Å²) in [5, 5.41) is 8.16. The van der Waals surface area contributed by atoms with Gasteiger partial charge < -0.3 is 0 Å². The van der Waals surface area contributed by atoms with Gasteiger partial charge in [0, 0.05) is 0 Å². The van der Waals surface area contributed by atoms with Gasteiger partial charge >= 0.3 is 0 Å². The fourth-order valence-corrected chi connectivity index (χ4v) is 2.01. The molecule has 0 fully saturated rings. The molecule has 2 heteroatoms. The van der Waals surface area contributed by atoms with E-state index in [1.54, 1.807) is 12.4 Å². The van der Waals surface area contributed by atoms with Crippen LogP contribution < -0.4 is 0 Å². The van der Waals surface area contributed by atoms with Crippen LogP contribution in [0.2, 0.25) is 0 Å². The summed E-state index contributed by atoms with van der Waals surface area (Å²) in [5.41, 5.74) is 4.56. The van der Waals surface area contributed by atoms with Crippen molar-refractivity contribution >= 4 is 12.4 Å². The predicted octanol–water partition coefficient (Wildman–Crippen LogP) is 4.60. The third-order valence-corrected chi connectivity index (χ3v) is 3.20. The first kappa shape index (κ1) is 15.6. The van der Waals surface area contributed by atoms with E-state index in [0.717, 1.165) is 24.0 Å². The third-order valence-electron chi connectivity index (χ3n) is 3.20. The van der Waals surface area contributed by atoms with Crippen LogP contribution >= 0.6 is 0 Å². The number of nitrogens with zero attached hydrogens (tertiary/aromatic N) is 2. The van der Waals surface area contributed by atoms with Gasteiger partial charge in [0.2, 0.25) is 0 Å². The summed E-state index contributed by atoms with van der Waals surface area (Å²) in [6, 6.07) is 16.4. The Balaban J connectivity index is 1.93. The molecule has 2 aromatic carbocycles. The zero-order valence-electron chi connectivity index (χ0n) is 12.7. The zero-order chi connectivity index (χ0) is 15.6. The number of rotatable bonds is 7. The molecule has 0 aromatic heterocycles. The van der Waals surface area contributed by atoms with Crippen molar-refractivity contribution in [3.8, 4) is 0 Å². The van der Waals surface area contributed by atoms with Gasteiger partial charge in [-0.25, -0.2) is 0 Å². The monoisotopic (exact) mass is 288 g/mol. The fourth-order valence-electron chi connectivity index (χ4n) is 2.01. The highest BCUT2D eigenvalue weighted by atomic mass is 15.2. The Morgan fingerprint density at radius 3 is 1.32 bits per heavy atom. The average molecular weight is 288 g/mol. The summed E-state index contributed by atoms with van der Waals surface area (Å²) in [6.07, 6.45) is 9.07.